The maximum atomic E-state index is 5.15. The van der Waals surface area contributed by atoms with Crippen molar-refractivity contribution in [3.05, 3.63) is 168 Å². The number of hydrogen-bond acceptors (Lipinski definition) is 1. The van der Waals surface area contributed by atoms with Crippen molar-refractivity contribution in [3.8, 4) is 0 Å². The Kier molecular flexibility index (Phi) is 4.97. The summed E-state index contributed by atoms with van der Waals surface area (Å²) in [6, 6.07) is 55.1. The Morgan fingerprint density at radius 2 is 0.881 bits per heavy atom. The maximum Gasteiger partial charge on any atom is 0.0722 e. The van der Waals surface area contributed by atoms with Crippen LogP contribution in [0.25, 0.3) is 70.5 Å². The third-order valence-electron chi connectivity index (χ3n) is 8.77. The molecule has 0 spiro atoms. The molecule has 0 aliphatic rings. The van der Waals surface area contributed by atoms with Crippen molar-refractivity contribution in [2.24, 2.45) is 0 Å². The molecule has 1 heteroatoms. The molecule has 0 unspecified atom stereocenters. The van der Waals surface area contributed by atoms with Crippen LogP contribution in [0.3, 0.4) is 0 Å². The first-order valence-electron chi connectivity index (χ1n) is 14.5. The number of hydrogen-bond donors (Lipinski definition) is 0. The van der Waals surface area contributed by atoms with E-state index in [1.807, 2.05) is 0 Å². The van der Waals surface area contributed by atoms with E-state index >= 15 is 0 Å². The normalized spacial score (nSPS) is 11.8. The average molecular weight is 532 g/mol. The third kappa shape index (κ3) is 3.41. The van der Waals surface area contributed by atoms with Gasteiger partial charge in [-0.1, -0.05) is 127 Å². The molecule has 9 rings (SSSR count). The van der Waals surface area contributed by atoms with Gasteiger partial charge in [0.25, 0.3) is 0 Å². The van der Waals surface area contributed by atoms with Gasteiger partial charge in [-0.05, 0) is 83.9 Å². The number of fused-ring (bicyclic) bond motifs is 6. The summed E-state index contributed by atoms with van der Waals surface area (Å²) < 4.78 is 0. The third-order valence-corrected chi connectivity index (χ3v) is 8.77. The Hall–Kier alpha value is -5.53. The molecule has 9 aromatic rings. The first-order chi connectivity index (χ1) is 20.8. The van der Waals surface area contributed by atoms with Crippen LogP contribution in [-0.4, -0.2) is 4.98 Å². The number of benzene rings is 8. The Morgan fingerprint density at radius 3 is 1.57 bits per heavy atom. The van der Waals surface area contributed by atoms with Crippen molar-refractivity contribution in [2.75, 3.05) is 0 Å². The monoisotopic (exact) mass is 531 g/mol. The van der Waals surface area contributed by atoms with E-state index in [2.05, 4.69) is 152 Å². The van der Waals surface area contributed by atoms with Gasteiger partial charge in [-0.3, -0.25) is 0 Å². The Labute approximate surface area is 243 Å². The molecule has 194 valence electrons. The molecule has 0 N–H and O–H groups in total. The highest BCUT2D eigenvalue weighted by Crippen LogP contribution is 2.37. The minimum Gasteiger partial charge on any atom is -0.248 e. The van der Waals surface area contributed by atoms with E-state index < -0.39 is 0 Å². The molecule has 1 nitrogen and oxygen atoms in total. The summed E-state index contributed by atoms with van der Waals surface area (Å²) >= 11 is 0. The minimum absolute atomic E-state index is 1.03. The molecule has 0 radical (unpaired) electrons. The zero-order chi connectivity index (χ0) is 27.6. The lowest BCUT2D eigenvalue weighted by Gasteiger charge is -2.18. The van der Waals surface area contributed by atoms with Crippen molar-refractivity contribution in [3.63, 3.8) is 0 Å². The van der Waals surface area contributed by atoms with Gasteiger partial charge in [0.1, 0.15) is 0 Å². The molecular weight excluding hydrogens is 506 g/mol. The highest BCUT2D eigenvalue weighted by atomic mass is 14.7. The fourth-order valence-corrected chi connectivity index (χ4v) is 6.91. The molecule has 0 aliphatic heterocycles. The van der Waals surface area contributed by atoms with Gasteiger partial charge in [-0.15, -0.1) is 0 Å². The fraction of sp³-hybridized carbons (Fsp3) is 0. The summed E-state index contributed by atoms with van der Waals surface area (Å²) in [4.78, 5) is 5.15. The summed E-state index contributed by atoms with van der Waals surface area (Å²) in [5.41, 5.74) is 5.73. The summed E-state index contributed by atoms with van der Waals surface area (Å²) in [6.07, 6.45) is 0. The SMILES string of the molecule is c1ccc2cc(C(c3ccc4ccccc4c3)=c3c4ccccc4c4c5ccccc5nc5cccc3c54)ccc2c1. The van der Waals surface area contributed by atoms with Gasteiger partial charge in [-0.2, -0.15) is 0 Å². The quantitative estimate of drug-likeness (QED) is 0.160. The van der Waals surface area contributed by atoms with Crippen molar-refractivity contribution in [1.82, 2.24) is 4.98 Å². The average Bonchev–Trinajstić information content (AvgIpc) is 3.05. The van der Waals surface area contributed by atoms with Crippen molar-refractivity contribution < 1.29 is 0 Å². The number of pyridine rings is 1. The Morgan fingerprint density at radius 1 is 0.357 bits per heavy atom. The molecule has 0 aliphatic carbocycles. The predicted octanol–water partition coefficient (Wildman–Crippen LogP) is 9.97. The van der Waals surface area contributed by atoms with Gasteiger partial charge < -0.3 is 0 Å². The lowest BCUT2D eigenvalue weighted by Crippen LogP contribution is -2.13. The second kappa shape index (κ2) is 8.99. The summed E-state index contributed by atoms with van der Waals surface area (Å²) in [5, 5.41) is 13.7. The summed E-state index contributed by atoms with van der Waals surface area (Å²) in [5.74, 6) is 0. The van der Waals surface area contributed by atoms with Crippen molar-refractivity contribution in [2.45, 2.75) is 0 Å². The van der Waals surface area contributed by atoms with Gasteiger partial charge in [0.15, 0.2) is 0 Å². The van der Waals surface area contributed by atoms with Crippen LogP contribution in [0.15, 0.2) is 152 Å². The zero-order valence-electron chi connectivity index (χ0n) is 22.9. The van der Waals surface area contributed by atoms with Gasteiger partial charge in [0, 0.05) is 16.2 Å². The van der Waals surface area contributed by atoms with Crippen LogP contribution in [0.4, 0.5) is 0 Å². The maximum absolute atomic E-state index is 5.15. The van der Waals surface area contributed by atoms with E-state index in [-0.39, 0.29) is 0 Å². The second-order valence-electron chi connectivity index (χ2n) is 11.1. The molecule has 0 saturated heterocycles. The number of para-hydroxylation sites is 1. The van der Waals surface area contributed by atoms with Crippen LogP contribution >= 0.6 is 0 Å². The summed E-state index contributed by atoms with van der Waals surface area (Å²) in [6.45, 7) is 0. The Balaban J connectivity index is 1.57. The highest BCUT2D eigenvalue weighted by molar-refractivity contribution is 6.29. The number of rotatable bonds is 2. The molecule has 1 aromatic heterocycles. The van der Waals surface area contributed by atoms with Crippen molar-refractivity contribution in [1.29, 1.82) is 0 Å². The van der Waals surface area contributed by atoms with E-state index in [9.17, 15) is 0 Å². The number of aromatic nitrogens is 1. The topological polar surface area (TPSA) is 12.9 Å². The fourth-order valence-electron chi connectivity index (χ4n) is 6.91. The van der Waals surface area contributed by atoms with E-state index in [4.69, 9.17) is 4.98 Å². The Bertz CT molecular complexity index is 2490. The van der Waals surface area contributed by atoms with Crippen LogP contribution in [0.1, 0.15) is 11.1 Å². The largest absolute Gasteiger partial charge is 0.248 e. The van der Waals surface area contributed by atoms with Gasteiger partial charge in [0.05, 0.1) is 11.0 Å². The van der Waals surface area contributed by atoms with Crippen molar-refractivity contribution >= 4 is 70.5 Å². The molecule has 0 amide bonds. The number of nitrogens with zero attached hydrogens (tertiary/aromatic N) is 1. The van der Waals surface area contributed by atoms with Gasteiger partial charge in [-0.25, -0.2) is 4.98 Å². The second-order valence-corrected chi connectivity index (χ2v) is 11.1. The molecule has 8 aromatic carbocycles. The molecular formula is C41H25N. The minimum atomic E-state index is 1.03. The van der Waals surface area contributed by atoms with Crippen LogP contribution in [-0.2, 0) is 0 Å². The molecule has 0 fully saturated rings. The van der Waals surface area contributed by atoms with Crippen LogP contribution < -0.4 is 5.22 Å². The smallest absolute Gasteiger partial charge is 0.0722 e. The molecule has 0 atom stereocenters. The molecule has 42 heavy (non-hydrogen) atoms. The molecule has 0 saturated carbocycles. The van der Waals surface area contributed by atoms with Crippen LogP contribution in [0, 0.1) is 0 Å². The van der Waals surface area contributed by atoms with E-state index in [1.54, 1.807) is 0 Å². The lowest BCUT2D eigenvalue weighted by molar-refractivity contribution is 1.51. The first kappa shape index (κ1) is 23.2. The standard InChI is InChI=1S/C41H25N/c1-3-12-28-24-30(22-20-26(28)10-1)38(31-23-21-27-11-2-4-13-29(27)25-31)40-33-15-6-5-14-32(33)39-34-16-7-8-18-36(34)42-37-19-9-17-35(40)41(37)39/h1-25H. The summed E-state index contributed by atoms with van der Waals surface area (Å²) in [7, 11) is 0. The zero-order valence-corrected chi connectivity index (χ0v) is 22.9. The molecule has 1 heterocycles. The van der Waals surface area contributed by atoms with E-state index in [0.717, 1.165) is 11.0 Å². The molecule has 0 bridgehead atoms. The highest BCUT2D eigenvalue weighted by Gasteiger charge is 2.18. The van der Waals surface area contributed by atoms with Gasteiger partial charge in [0.2, 0.25) is 0 Å². The van der Waals surface area contributed by atoms with Crippen LogP contribution in [0.2, 0.25) is 0 Å². The van der Waals surface area contributed by atoms with Gasteiger partial charge >= 0.3 is 0 Å². The predicted molar refractivity (Wildman–Crippen MR) is 179 cm³/mol. The van der Waals surface area contributed by atoms with E-state index in [1.165, 1.54) is 75.8 Å². The lowest BCUT2D eigenvalue weighted by atomic mass is 9.86. The van der Waals surface area contributed by atoms with E-state index in [0.29, 0.717) is 0 Å². The van der Waals surface area contributed by atoms with Crippen LogP contribution in [0.5, 0.6) is 0 Å². The first-order valence-corrected chi connectivity index (χ1v) is 14.5.